The predicted octanol–water partition coefficient (Wildman–Crippen LogP) is 2.01. The molecule has 0 aliphatic carbocycles. The number of hydrogen-bond acceptors (Lipinski definition) is 5. The molecule has 1 saturated heterocycles. The molecule has 1 aromatic carbocycles. The van der Waals surface area contributed by atoms with Crippen LogP contribution in [0.2, 0.25) is 0 Å². The number of carboxylic acid groups (broad SMARTS) is 1. The van der Waals surface area contributed by atoms with Crippen LogP contribution in [-0.4, -0.2) is 55.2 Å². The normalized spacial score (nSPS) is 19.9. The minimum absolute atomic E-state index is 0.0252. The van der Waals surface area contributed by atoms with Gasteiger partial charge in [0.15, 0.2) is 5.82 Å². The van der Waals surface area contributed by atoms with Gasteiger partial charge in [0.25, 0.3) is 0 Å². The minimum atomic E-state index is -0.801. The van der Waals surface area contributed by atoms with Crippen LogP contribution in [0.1, 0.15) is 44.0 Å². The lowest BCUT2D eigenvalue weighted by Gasteiger charge is -2.40. The zero-order valence-corrected chi connectivity index (χ0v) is 15.8. The van der Waals surface area contributed by atoms with E-state index in [1.807, 2.05) is 38.1 Å². The summed E-state index contributed by atoms with van der Waals surface area (Å²) in [7, 11) is 0. The Morgan fingerprint density at radius 2 is 2.00 bits per heavy atom. The van der Waals surface area contributed by atoms with E-state index in [-0.39, 0.29) is 12.3 Å². The molecular formula is C19H25N5O3. The highest BCUT2D eigenvalue weighted by molar-refractivity contribution is 5.81. The number of hydrogen-bond donors (Lipinski definition) is 1. The van der Waals surface area contributed by atoms with Gasteiger partial charge in [-0.1, -0.05) is 25.5 Å². The molecule has 1 aliphatic rings. The van der Waals surface area contributed by atoms with Crippen LogP contribution >= 0.6 is 0 Å². The Morgan fingerprint density at radius 1 is 1.26 bits per heavy atom. The second-order valence-corrected chi connectivity index (χ2v) is 7.24. The Bertz CT molecular complexity index is 813. The molecule has 2 aromatic rings. The van der Waals surface area contributed by atoms with Gasteiger partial charge in [0.05, 0.1) is 17.5 Å². The summed E-state index contributed by atoms with van der Waals surface area (Å²) in [6.45, 7) is 4.73. The second-order valence-electron chi connectivity index (χ2n) is 7.24. The van der Waals surface area contributed by atoms with E-state index in [1.165, 1.54) is 0 Å². The minimum Gasteiger partial charge on any atom is -0.481 e. The van der Waals surface area contributed by atoms with E-state index in [2.05, 4.69) is 15.5 Å². The SMILES string of the molecule is CCC[C@]1(C(=O)O)CCCN(C(=O)Cc2ccc(-n3nnnc3C)cc2)C1. The average Bonchev–Trinajstić information content (AvgIpc) is 3.08. The summed E-state index contributed by atoms with van der Waals surface area (Å²) < 4.78 is 1.63. The number of aromatic nitrogens is 4. The van der Waals surface area contributed by atoms with Crippen LogP contribution in [0.4, 0.5) is 0 Å². The summed E-state index contributed by atoms with van der Waals surface area (Å²) in [4.78, 5) is 26.3. The molecule has 8 nitrogen and oxygen atoms in total. The van der Waals surface area contributed by atoms with Gasteiger partial charge in [0.2, 0.25) is 5.91 Å². The molecule has 0 bridgehead atoms. The molecule has 2 heterocycles. The van der Waals surface area contributed by atoms with Crippen molar-refractivity contribution in [2.45, 2.75) is 46.0 Å². The third kappa shape index (κ3) is 3.99. The fourth-order valence-electron chi connectivity index (χ4n) is 3.82. The summed E-state index contributed by atoms with van der Waals surface area (Å²) in [6.07, 6.45) is 3.03. The molecule has 1 atom stereocenters. The van der Waals surface area contributed by atoms with E-state index < -0.39 is 11.4 Å². The Labute approximate surface area is 158 Å². The molecule has 1 fully saturated rings. The predicted molar refractivity (Wildman–Crippen MR) is 98.4 cm³/mol. The van der Waals surface area contributed by atoms with Crippen LogP contribution < -0.4 is 0 Å². The van der Waals surface area contributed by atoms with Crippen LogP contribution in [-0.2, 0) is 16.0 Å². The maximum absolute atomic E-state index is 12.7. The van der Waals surface area contributed by atoms with Gasteiger partial charge < -0.3 is 10.0 Å². The average molecular weight is 371 g/mol. The summed E-state index contributed by atoms with van der Waals surface area (Å²) in [5, 5.41) is 21.1. The molecule has 1 aliphatic heterocycles. The summed E-state index contributed by atoms with van der Waals surface area (Å²) in [5.74, 6) is -0.126. The Balaban J connectivity index is 1.68. The zero-order chi connectivity index (χ0) is 19.4. The largest absolute Gasteiger partial charge is 0.481 e. The van der Waals surface area contributed by atoms with E-state index in [4.69, 9.17) is 0 Å². The number of rotatable bonds is 6. The zero-order valence-electron chi connectivity index (χ0n) is 15.8. The summed E-state index contributed by atoms with van der Waals surface area (Å²) >= 11 is 0. The van der Waals surface area contributed by atoms with E-state index >= 15 is 0 Å². The number of carboxylic acids is 1. The van der Waals surface area contributed by atoms with Crippen molar-refractivity contribution >= 4 is 11.9 Å². The van der Waals surface area contributed by atoms with Crippen molar-refractivity contribution in [3.8, 4) is 5.69 Å². The van der Waals surface area contributed by atoms with E-state index in [1.54, 1.807) is 9.58 Å². The van der Waals surface area contributed by atoms with Gasteiger partial charge >= 0.3 is 5.97 Å². The van der Waals surface area contributed by atoms with E-state index in [0.29, 0.717) is 31.8 Å². The highest BCUT2D eigenvalue weighted by Gasteiger charge is 2.42. The van der Waals surface area contributed by atoms with Crippen molar-refractivity contribution in [1.82, 2.24) is 25.1 Å². The fraction of sp³-hybridized carbons (Fsp3) is 0.526. The fourth-order valence-corrected chi connectivity index (χ4v) is 3.82. The Morgan fingerprint density at radius 3 is 2.59 bits per heavy atom. The van der Waals surface area contributed by atoms with Gasteiger partial charge in [-0.25, -0.2) is 0 Å². The van der Waals surface area contributed by atoms with Gasteiger partial charge in [-0.3, -0.25) is 9.59 Å². The number of carbonyl (C=O) groups excluding carboxylic acids is 1. The molecule has 0 spiro atoms. The molecule has 0 saturated carbocycles. The number of amides is 1. The molecule has 0 radical (unpaired) electrons. The van der Waals surface area contributed by atoms with Crippen molar-refractivity contribution in [3.63, 3.8) is 0 Å². The molecule has 8 heteroatoms. The van der Waals surface area contributed by atoms with Crippen LogP contribution in [0.5, 0.6) is 0 Å². The number of benzene rings is 1. The lowest BCUT2D eigenvalue weighted by molar-refractivity contribution is -0.155. The number of nitrogens with zero attached hydrogens (tertiary/aromatic N) is 5. The van der Waals surface area contributed by atoms with Crippen molar-refractivity contribution < 1.29 is 14.7 Å². The first-order valence-corrected chi connectivity index (χ1v) is 9.30. The highest BCUT2D eigenvalue weighted by atomic mass is 16.4. The van der Waals surface area contributed by atoms with Gasteiger partial charge in [-0.15, -0.1) is 5.10 Å². The number of tetrazole rings is 1. The Kier molecular flexibility index (Phi) is 5.53. The van der Waals surface area contributed by atoms with Gasteiger partial charge in [0, 0.05) is 13.1 Å². The van der Waals surface area contributed by atoms with Crippen LogP contribution in [0.25, 0.3) is 5.69 Å². The lowest BCUT2D eigenvalue weighted by Crippen LogP contribution is -2.50. The number of aliphatic carboxylic acids is 1. The Hall–Kier alpha value is -2.77. The van der Waals surface area contributed by atoms with Crippen LogP contribution in [0.15, 0.2) is 24.3 Å². The second kappa shape index (κ2) is 7.85. The van der Waals surface area contributed by atoms with Crippen LogP contribution in [0, 0.1) is 12.3 Å². The molecule has 27 heavy (non-hydrogen) atoms. The van der Waals surface area contributed by atoms with Gasteiger partial charge in [0.1, 0.15) is 0 Å². The maximum Gasteiger partial charge on any atom is 0.311 e. The number of piperidine rings is 1. The molecule has 1 N–H and O–H groups in total. The summed E-state index contributed by atoms with van der Waals surface area (Å²) in [5.41, 5.74) is 0.917. The lowest BCUT2D eigenvalue weighted by atomic mass is 9.76. The topological polar surface area (TPSA) is 101 Å². The van der Waals surface area contributed by atoms with Gasteiger partial charge in [-0.05, 0) is 54.3 Å². The first-order valence-electron chi connectivity index (χ1n) is 9.30. The molecule has 3 rings (SSSR count). The third-order valence-corrected chi connectivity index (χ3v) is 5.27. The number of carbonyl (C=O) groups is 2. The number of likely N-dealkylation sites (tertiary alicyclic amines) is 1. The van der Waals surface area contributed by atoms with E-state index in [9.17, 15) is 14.7 Å². The molecule has 0 unspecified atom stereocenters. The van der Waals surface area contributed by atoms with Crippen molar-refractivity contribution in [1.29, 1.82) is 0 Å². The van der Waals surface area contributed by atoms with Gasteiger partial charge in [-0.2, -0.15) is 4.68 Å². The molecular weight excluding hydrogens is 346 g/mol. The smallest absolute Gasteiger partial charge is 0.311 e. The first kappa shape index (κ1) is 19.0. The highest BCUT2D eigenvalue weighted by Crippen LogP contribution is 2.35. The monoisotopic (exact) mass is 371 g/mol. The van der Waals surface area contributed by atoms with Crippen molar-refractivity contribution in [2.24, 2.45) is 5.41 Å². The van der Waals surface area contributed by atoms with Crippen molar-refractivity contribution in [2.75, 3.05) is 13.1 Å². The molecule has 144 valence electrons. The summed E-state index contributed by atoms with van der Waals surface area (Å²) in [6, 6.07) is 7.52. The van der Waals surface area contributed by atoms with E-state index in [0.717, 1.165) is 24.1 Å². The first-order chi connectivity index (χ1) is 12.9. The number of aryl methyl sites for hydroxylation is 1. The third-order valence-electron chi connectivity index (χ3n) is 5.27. The molecule has 1 amide bonds. The standard InChI is InChI=1S/C19H25N5O3/c1-3-9-19(18(26)27)10-4-11-23(13-19)17(25)12-15-5-7-16(8-6-15)24-14(2)20-21-22-24/h5-8H,3-4,9-13H2,1-2H3,(H,26,27)/t19-/m0/s1. The van der Waals surface area contributed by atoms with Crippen LogP contribution in [0.3, 0.4) is 0 Å². The van der Waals surface area contributed by atoms with Crippen molar-refractivity contribution in [3.05, 3.63) is 35.7 Å². The quantitative estimate of drug-likeness (QED) is 0.833. The molecule has 1 aromatic heterocycles. The maximum atomic E-state index is 12.7.